The van der Waals surface area contributed by atoms with E-state index in [0.717, 1.165) is 37.1 Å². The maximum Gasteiger partial charge on any atom is 0.105 e. The molecule has 0 aliphatic heterocycles. The molecule has 1 heteroatoms. The van der Waals surface area contributed by atoms with E-state index in [1.54, 1.807) is 0 Å². The molecule has 0 aromatic heterocycles. The van der Waals surface area contributed by atoms with Crippen LogP contribution in [-0.2, 0) is 19.6 Å². The zero-order valence-electron chi connectivity index (χ0n) is 17.7. The van der Waals surface area contributed by atoms with Gasteiger partial charge in [-0.15, -0.1) is 0 Å². The molecule has 0 bridgehead atoms. The molecule has 0 amide bonds. The second-order valence-electron chi connectivity index (χ2n) is 8.05. The van der Waals surface area contributed by atoms with E-state index >= 15 is 0 Å². The number of benzene rings is 3. The van der Waals surface area contributed by atoms with Gasteiger partial charge in [-0.2, -0.15) is 0 Å². The smallest absolute Gasteiger partial charge is 0.105 e. The summed E-state index contributed by atoms with van der Waals surface area (Å²) >= 11 is 0. The van der Waals surface area contributed by atoms with Crippen LogP contribution in [0.25, 0.3) is 0 Å². The van der Waals surface area contributed by atoms with Crippen LogP contribution < -0.4 is 0 Å². The SMILES string of the molecule is CCC/C=C/CC[N+](Cc1ccccc1)(Cc1ccccc1)Cc1ccccc1. The lowest BCUT2D eigenvalue weighted by Gasteiger charge is -2.39. The second-order valence-corrected chi connectivity index (χ2v) is 8.05. The molecule has 150 valence electrons. The summed E-state index contributed by atoms with van der Waals surface area (Å²) < 4.78 is 1.04. The predicted molar refractivity (Wildman–Crippen MR) is 124 cm³/mol. The second kappa shape index (κ2) is 11.4. The summed E-state index contributed by atoms with van der Waals surface area (Å²) in [5.41, 5.74) is 4.24. The van der Waals surface area contributed by atoms with Gasteiger partial charge in [0.25, 0.3) is 0 Å². The first-order valence-corrected chi connectivity index (χ1v) is 10.9. The van der Waals surface area contributed by atoms with Crippen LogP contribution in [0.2, 0.25) is 0 Å². The van der Waals surface area contributed by atoms with Crippen molar-refractivity contribution in [2.45, 2.75) is 45.8 Å². The largest absolute Gasteiger partial charge is 0.312 e. The molecule has 0 saturated heterocycles. The fourth-order valence-corrected chi connectivity index (χ4v) is 4.07. The Morgan fingerprint density at radius 1 is 0.552 bits per heavy atom. The van der Waals surface area contributed by atoms with Crippen molar-refractivity contribution in [3.63, 3.8) is 0 Å². The van der Waals surface area contributed by atoms with E-state index < -0.39 is 0 Å². The van der Waals surface area contributed by atoms with E-state index in [1.807, 2.05) is 0 Å². The molecule has 0 spiro atoms. The Hall–Kier alpha value is -2.64. The van der Waals surface area contributed by atoms with Crippen molar-refractivity contribution in [3.05, 3.63) is 120 Å². The van der Waals surface area contributed by atoms with Crippen LogP contribution in [0.4, 0.5) is 0 Å². The maximum absolute atomic E-state index is 2.39. The zero-order valence-corrected chi connectivity index (χ0v) is 17.7. The summed E-state index contributed by atoms with van der Waals surface area (Å²) in [4.78, 5) is 0. The Labute approximate surface area is 176 Å². The predicted octanol–water partition coefficient (Wildman–Crippen LogP) is 7.15. The standard InChI is InChI=1S/C28H34N/c1-2-3-4-5-15-22-29(23-26-16-9-6-10-17-26,24-27-18-11-7-12-19-27)25-28-20-13-8-14-21-28/h4-14,16-21H,2-3,15,22-25H2,1H3/q+1/b5-4+. The fourth-order valence-electron chi connectivity index (χ4n) is 4.07. The van der Waals surface area contributed by atoms with Gasteiger partial charge in [-0.25, -0.2) is 0 Å². The molecule has 3 aromatic rings. The monoisotopic (exact) mass is 384 g/mol. The fraction of sp³-hybridized carbons (Fsp3) is 0.286. The minimum atomic E-state index is 1.04. The normalized spacial score (nSPS) is 11.8. The van der Waals surface area contributed by atoms with Crippen LogP contribution in [0.1, 0.15) is 42.9 Å². The lowest BCUT2D eigenvalue weighted by atomic mass is 10.1. The molecule has 0 aliphatic carbocycles. The molecule has 0 atom stereocenters. The molecule has 0 fully saturated rings. The Morgan fingerprint density at radius 3 is 1.31 bits per heavy atom. The van der Waals surface area contributed by atoms with Gasteiger partial charge in [0.2, 0.25) is 0 Å². The summed E-state index contributed by atoms with van der Waals surface area (Å²) in [5.74, 6) is 0. The van der Waals surface area contributed by atoms with Crippen LogP contribution in [-0.4, -0.2) is 11.0 Å². The third kappa shape index (κ3) is 7.03. The molecule has 0 unspecified atom stereocenters. The highest BCUT2D eigenvalue weighted by molar-refractivity contribution is 5.17. The number of hydrogen-bond acceptors (Lipinski definition) is 0. The minimum Gasteiger partial charge on any atom is -0.312 e. The molecule has 1 nitrogen and oxygen atoms in total. The molecular weight excluding hydrogens is 350 g/mol. The van der Waals surface area contributed by atoms with Gasteiger partial charge in [0.15, 0.2) is 0 Å². The molecule has 0 saturated carbocycles. The van der Waals surface area contributed by atoms with Crippen LogP contribution in [0, 0.1) is 0 Å². The van der Waals surface area contributed by atoms with Gasteiger partial charge in [0.1, 0.15) is 19.6 Å². The quantitative estimate of drug-likeness (QED) is 0.243. The summed E-state index contributed by atoms with van der Waals surface area (Å²) in [6, 6.07) is 33.0. The third-order valence-electron chi connectivity index (χ3n) is 5.47. The van der Waals surface area contributed by atoms with Crippen molar-refractivity contribution in [2.24, 2.45) is 0 Å². The van der Waals surface area contributed by atoms with Crippen molar-refractivity contribution >= 4 is 0 Å². The van der Waals surface area contributed by atoms with Crippen molar-refractivity contribution in [2.75, 3.05) is 6.54 Å². The highest BCUT2D eigenvalue weighted by Gasteiger charge is 2.28. The summed E-state index contributed by atoms with van der Waals surface area (Å²) in [7, 11) is 0. The van der Waals surface area contributed by atoms with Crippen LogP contribution in [0.3, 0.4) is 0 Å². The van der Waals surface area contributed by atoms with Gasteiger partial charge in [-0.05, 0) is 6.42 Å². The maximum atomic E-state index is 2.39. The van der Waals surface area contributed by atoms with E-state index in [4.69, 9.17) is 0 Å². The van der Waals surface area contributed by atoms with Gasteiger partial charge < -0.3 is 4.48 Å². The highest BCUT2D eigenvalue weighted by atomic mass is 15.3. The number of nitrogens with zero attached hydrogens (tertiary/aromatic N) is 1. The summed E-state index contributed by atoms with van der Waals surface area (Å²) in [6.45, 7) is 6.52. The van der Waals surface area contributed by atoms with E-state index in [0.29, 0.717) is 0 Å². The lowest BCUT2D eigenvalue weighted by Crippen LogP contribution is -2.46. The van der Waals surface area contributed by atoms with Crippen molar-refractivity contribution in [1.82, 2.24) is 0 Å². The van der Waals surface area contributed by atoms with Crippen LogP contribution in [0.5, 0.6) is 0 Å². The van der Waals surface area contributed by atoms with Crippen molar-refractivity contribution in [3.8, 4) is 0 Å². The number of rotatable bonds is 11. The van der Waals surface area contributed by atoms with Gasteiger partial charge in [-0.1, -0.05) is 116 Å². The average Bonchev–Trinajstić information content (AvgIpc) is 2.76. The first-order valence-electron chi connectivity index (χ1n) is 10.9. The van der Waals surface area contributed by atoms with Gasteiger partial charge >= 0.3 is 0 Å². The Bertz CT molecular complexity index is 736. The van der Waals surface area contributed by atoms with E-state index in [9.17, 15) is 0 Å². The van der Waals surface area contributed by atoms with Crippen LogP contribution >= 0.6 is 0 Å². The summed E-state index contributed by atoms with van der Waals surface area (Å²) in [5, 5.41) is 0. The Kier molecular flexibility index (Phi) is 8.27. The minimum absolute atomic E-state index is 1.04. The number of hydrogen-bond donors (Lipinski definition) is 0. The lowest BCUT2D eigenvalue weighted by molar-refractivity contribution is -0.965. The molecule has 29 heavy (non-hydrogen) atoms. The molecule has 0 N–H and O–H groups in total. The van der Waals surface area contributed by atoms with Gasteiger partial charge in [0, 0.05) is 23.1 Å². The van der Waals surface area contributed by atoms with Gasteiger partial charge in [0.05, 0.1) is 6.54 Å². The number of quaternary nitrogens is 1. The van der Waals surface area contributed by atoms with Gasteiger partial charge in [-0.3, -0.25) is 0 Å². The Balaban J connectivity index is 1.91. The van der Waals surface area contributed by atoms with Crippen molar-refractivity contribution in [1.29, 1.82) is 0 Å². The first kappa shape index (κ1) is 21.1. The van der Waals surface area contributed by atoms with Crippen molar-refractivity contribution < 1.29 is 4.48 Å². The van der Waals surface area contributed by atoms with Crippen LogP contribution in [0.15, 0.2) is 103 Å². The molecule has 3 aromatic carbocycles. The van der Waals surface area contributed by atoms with E-state index in [-0.39, 0.29) is 0 Å². The highest BCUT2D eigenvalue weighted by Crippen LogP contribution is 2.25. The molecule has 0 aliphatic rings. The Morgan fingerprint density at radius 2 is 0.931 bits per heavy atom. The zero-order chi connectivity index (χ0) is 20.2. The summed E-state index contributed by atoms with van der Waals surface area (Å²) in [6.07, 6.45) is 8.25. The first-order chi connectivity index (χ1) is 14.3. The number of allylic oxidation sites excluding steroid dienone is 1. The average molecular weight is 385 g/mol. The number of unbranched alkanes of at least 4 members (excludes halogenated alkanes) is 1. The molecular formula is C28H34N+. The molecule has 3 rings (SSSR count). The van der Waals surface area contributed by atoms with E-state index in [1.165, 1.54) is 29.5 Å². The topological polar surface area (TPSA) is 0 Å². The third-order valence-corrected chi connectivity index (χ3v) is 5.47. The van der Waals surface area contributed by atoms with E-state index in [2.05, 4.69) is 110 Å². The molecule has 0 radical (unpaired) electrons. The molecule has 0 heterocycles.